The van der Waals surface area contributed by atoms with E-state index in [0.717, 1.165) is 24.3 Å². The molecule has 1 N–H and O–H groups in total. The van der Waals surface area contributed by atoms with Crippen LogP contribution in [0.4, 0.5) is 0 Å². The third kappa shape index (κ3) is 4.27. The average Bonchev–Trinajstić information content (AvgIpc) is 2.78. The van der Waals surface area contributed by atoms with Crippen LogP contribution in [0.2, 0.25) is 0 Å². The summed E-state index contributed by atoms with van der Waals surface area (Å²) in [5.41, 5.74) is 0. The summed E-state index contributed by atoms with van der Waals surface area (Å²) in [5.74, 6) is -1.11. The minimum Gasteiger partial charge on any atom is -0.477 e. The molecule has 0 saturated heterocycles. The van der Waals surface area contributed by atoms with Crippen LogP contribution in [-0.2, 0) is 10.0 Å². The molecule has 0 amide bonds. The van der Waals surface area contributed by atoms with Gasteiger partial charge in [-0.2, -0.15) is 0 Å². The number of carboxylic acid groups (broad SMARTS) is 1. The molecule has 1 aromatic rings. The van der Waals surface area contributed by atoms with Gasteiger partial charge in [0.2, 0.25) is 10.0 Å². The first-order chi connectivity index (χ1) is 8.75. The number of aromatic carboxylic acids is 1. The van der Waals surface area contributed by atoms with Crippen LogP contribution in [0.15, 0.2) is 16.3 Å². The maximum Gasteiger partial charge on any atom is 0.345 e. The van der Waals surface area contributed by atoms with Crippen molar-refractivity contribution in [3.8, 4) is 0 Å². The van der Waals surface area contributed by atoms with Gasteiger partial charge in [0.05, 0.1) is 4.90 Å². The van der Waals surface area contributed by atoms with Crippen molar-refractivity contribution in [1.82, 2.24) is 9.21 Å². The van der Waals surface area contributed by atoms with Gasteiger partial charge < -0.3 is 10.0 Å². The zero-order chi connectivity index (χ0) is 14.6. The van der Waals surface area contributed by atoms with Gasteiger partial charge in [-0.1, -0.05) is 0 Å². The second kappa shape index (κ2) is 6.47. The van der Waals surface area contributed by atoms with E-state index in [2.05, 4.69) is 0 Å². The number of hydrogen-bond donors (Lipinski definition) is 1. The standard InChI is InChI=1S/C11H18N2O4S2/c1-12(2)5-4-6-13(3)19(16,17)9-7-10(11(14)15)18-8-9/h7-8H,4-6H2,1-3H3,(H,14,15). The molecule has 0 spiro atoms. The van der Waals surface area contributed by atoms with Crippen LogP contribution >= 0.6 is 11.3 Å². The third-order valence-electron chi connectivity index (χ3n) is 2.57. The lowest BCUT2D eigenvalue weighted by atomic mass is 10.4. The van der Waals surface area contributed by atoms with Crippen LogP contribution in [0.5, 0.6) is 0 Å². The summed E-state index contributed by atoms with van der Waals surface area (Å²) in [6.07, 6.45) is 0.721. The summed E-state index contributed by atoms with van der Waals surface area (Å²) < 4.78 is 25.6. The molecule has 0 atom stereocenters. The number of carbonyl (C=O) groups is 1. The number of sulfonamides is 1. The van der Waals surface area contributed by atoms with Crippen molar-refractivity contribution >= 4 is 27.3 Å². The lowest BCUT2D eigenvalue weighted by Crippen LogP contribution is -2.29. The van der Waals surface area contributed by atoms with E-state index < -0.39 is 16.0 Å². The molecule has 0 aliphatic heterocycles. The number of hydrogen-bond acceptors (Lipinski definition) is 5. The van der Waals surface area contributed by atoms with E-state index >= 15 is 0 Å². The van der Waals surface area contributed by atoms with E-state index in [0.29, 0.717) is 6.54 Å². The number of thiophene rings is 1. The molecule has 0 aliphatic carbocycles. The highest BCUT2D eigenvalue weighted by atomic mass is 32.2. The topological polar surface area (TPSA) is 77.9 Å². The van der Waals surface area contributed by atoms with Gasteiger partial charge in [0, 0.05) is 19.0 Å². The average molecular weight is 306 g/mol. The Balaban J connectivity index is 2.75. The normalized spacial score (nSPS) is 12.3. The molecular weight excluding hydrogens is 288 g/mol. The van der Waals surface area contributed by atoms with Crippen molar-refractivity contribution in [2.45, 2.75) is 11.3 Å². The summed E-state index contributed by atoms with van der Waals surface area (Å²) in [7, 11) is 1.76. The van der Waals surface area contributed by atoms with E-state index in [1.807, 2.05) is 19.0 Å². The fraction of sp³-hybridized carbons (Fsp3) is 0.545. The van der Waals surface area contributed by atoms with Gasteiger partial charge in [-0.05, 0) is 33.1 Å². The Kier molecular flexibility index (Phi) is 5.48. The molecule has 19 heavy (non-hydrogen) atoms. The van der Waals surface area contributed by atoms with Gasteiger partial charge in [0.1, 0.15) is 4.88 Å². The second-order valence-electron chi connectivity index (χ2n) is 4.44. The van der Waals surface area contributed by atoms with Gasteiger partial charge in [-0.3, -0.25) is 0 Å². The van der Waals surface area contributed by atoms with Crippen LogP contribution in [-0.4, -0.2) is 62.9 Å². The highest BCUT2D eigenvalue weighted by Gasteiger charge is 2.23. The molecule has 0 aliphatic rings. The van der Waals surface area contributed by atoms with Crippen LogP contribution < -0.4 is 0 Å². The van der Waals surface area contributed by atoms with E-state index in [4.69, 9.17) is 5.11 Å². The second-order valence-corrected chi connectivity index (χ2v) is 7.39. The minimum atomic E-state index is -3.59. The molecule has 6 nitrogen and oxygen atoms in total. The fourth-order valence-corrected chi connectivity index (χ4v) is 3.78. The predicted molar refractivity (Wildman–Crippen MR) is 74.3 cm³/mol. The van der Waals surface area contributed by atoms with Crippen molar-refractivity contribution in [3.05, 3.63) is 16.3 Å². The Morgan fingerprint density at radius 1 is 1.32 bits per heavy atom. The lowest BCUT2D eigenvalue weighted by molar-refractivity contribution is 0.0702. The zero-order valence-electron chi connectivity index (χ0n) is 11.2. The van der Waals surface area contributed by atoms with Gasteiger partial charge in [-0.25, -0.2) is 17.5 Å². The smallest absolute Gasteiger partial charge is 0.345 e. The first-order valence-electron chi connectivity index (χ1n) is 5.68. The molecule has 8 heteroatoms. The van der Waals surface area contributed by atoms with Crippen LogP contribution in [0.3, 0.4) is 0 Å². The molecule has 0 saturated carbocycles. The largest absolute Gasteiger partial charge is 0.477 e. The molecule has 0 unspecified atom stereocenters. The Morgan fingerprint density at radius 2 is 1.95 bits per heavy atom. The van der Waals surface area contributed by atoms with Crippen LogP contribution in [0, 0.1) is 0 Å². The first-order valence-corrected chi connectivity index (χ1v) is 8.00. The highest BCUT2D eigenvalue weighted by Crippen LogP contribution is 2.22. The van der Waals surface area contributed by atoms with Crippen molar-refractivity contribution < 1.29 is 18.3 Å². The third-order valence-corrected chi connectivity index (χ3v) is 5.47. The van der Waals surface area contributed by atoms with E-state index in [-0.39, 0.29) is 9.77 Å². The molecule has 0 radical (unpaired) electrons. The van der Waals surface area contributed by atoms with E-state index in [1.165, 1.54) is 22.8 Å². The number of carboxylic acids is 1. The fourth-order valence-electron chi connectivity index (χ4n) is 1.48. The Bertz CT molecular complexity index is 537. The highest BCUT2D eigenvalue weighted by molar-refractivity contribution is 7.89. The summed E-state index contributed by atoms with van der Waals surface area (Å²) in [6.45, 7) is 1.20. The van der Waals surface area contributed by atoms with Gasteiger partial charge >= 0.3 is 5.97 Å². The van der Waals surface area contributed by atoms with Crippen molar-refractivity contribution in [2.24, 2.45) is 0 Å². The Hall–Kier alpha value is -0.960. The summed E-state index contributed by atoms with van der Waals surface area (Å²) in [5, 5.41) is 10.2. The zero-order valence-corrected chi connectivity index (χ0v) is 12.8. The maximum atomic E-state index is 12.2. The summed E-state index contributed by atoms with van der Waals surface area (Å²) in [4.78, 5) is 12.8. The summed E-state index contributed by atoms with van der Waals surface area (Å²) >= 11 is 0.917. The van der Waals surface area contributed by atoms with Crippen molar-refractivity contribution in [3.63, 3.8) is 0 Å². The Morgan fingerprint density at radius 3 is 2.42 bits per heavy atom. The molecule has 1 heterocycles. The number of rotatable bonds is 7. The predicted octanol–water partition coefficient (Wildman–Crippen LogP) is 1.02. The van der Waals surface area contributed by atoms with Crippen molar-refractivity contribution in [1.29, 1.82) is 0 Å². The van der Waals surface area contributed by atoms with Gasteiger partial charge in [-0.15, -0.1) is 11.3 Å². The monoisotopic (exact) mass is 306 g/mol. The molecule has 1 aromatic heterocycles. The maximum absolute atomic E-state index is 12.2. The van der Waals surface area contributed by atoms with Crippen LogP contribution in [0.1, 0.15) is 16.1 Å². The van der Waals surface area contributed by atoms with E-state index in [1.54, 1.807) is 0 Å². The lowest BCUT2D eigenvalue weighted by Gasteiger charge is -2.17. The molecule has 0 bridgehead atoms. The molecule has 108 valence electrons. The molecular formula is C11H18N2O4S2. The first kappa shape index (κ1) is 16.1. The van der Waals surface area contributed by atoms with Gasteiger partial charge in [0.25, 0.3) is 0 Å². The van der Waals surface area contributed by atoms with E-state index in [9.17, 15) is 13.2 Å². The van der Waals surface area contributed by atoms with Crippen LogP contribution in [0.25, 0.3) is 0 Å². The SMILES string of the molecule is CN(C)CCCN(C)S(=O)(=O)c1csc(C(=O)O)c1. The quantitative estimate of drug-likeness (QED) is 0.813. The molecule has 1 rings (SSSR count). The minimum absolute atomic E-state index is 0.0280. The van der Waals surface area contributed by atoms with Crippen molar-refractivity contribution in [2.75, 3.05) is 34.2 Å². The molecule has 0 fully saturated rings. The Labute approximate surface area is 117 Å². The van der Waals surface area contributed by atoms with Gasteiger partial charge in [0.15, 0.2) is 0 Å². The summed E-state index contributed by atoms with van der Waals surface area (Å²) in [6, 6.07) is 1.20. The number of nitrogens with zero attached hydrogens (tertiary/aromatic N) is 2. The molecule has 0 aromatic carbocycles.